The van der Waals surface area contributed by atoms with E-state index in [1.807, 2.05) is 24.3 Å². The Balaban J connectivity index is 1.54. The lowest BCUT2D eigenvalue weighted by molar-refractivity contribution is -0.145. The second-order valence-electron chi connectivity index (χ2n) is 7.99. The zero-order valence-electron chi connectivity index (χ0n) is 17.7. The summed E-state index contributed by atoms with van der Waals surface area (Å²) in [5.41, 5.74) is 1.74. The summed E-state index contributed by atoms with van der Waals surface area (Å²) < 4.78 is 21.3. The van der Waals surface area contributed by atoms with Gasteiger partial charge in [0.1, 0.15) is 23.7 Å². The molecule has 3 aromatic rings. The van der Waals surface area contributed by atoms with Crippen LogP contribution in [0, 0.1) is 0 Å². The highest BCUT2D eigenvalue weighted by atomic mass is 16.5. The predicted octanol–water partition coefficient (Wildman–Crippen LogP) is 4.61. The Bertz CT molecular complexity index is 1070. The molecule has 0 atom stereocenters. The minimum absolute atomic E-state index is 0.0203. The first-order valence-corrected chi connectivity index (χ1v) is 9.76. The topological polar surface area (TPSA) is 75.0 Å². The van der Waals surface area contributed by atoms with Crippen LogP contribution in [0.15, 0.2) is 57.7 Å². The van der Waals surface area contributed by atoms with E-state index in [2.05, 4.69) is 20.8 Å². The van der Waals surface area contributed by atoms with Crippen LogP contribution in [0.3, 0.4) is 0 Å². The third-order valence-corrected chi connectivity index (χ3v) is 4.72. The van der Waals surface area contributed by atoms with Crippen LogP contribution in [0.4, 0.5) is 0 Å². The second kappa shape index (κ2) is 9.03. The summed E-state index contributed by atoms with van der Waals surface area (Å²) in [5.74, 6) is 0.875. The van der Waals surface area contributed by atoms with Crippen LogP contribution in [-0.2, 0) is 21.6 Å². The summed E-state index contributed by atoms with van der Waals surface area (Å²) in [6.07, 6.45) is 0.105. The number of rotatable bonds is 7. The van der Waals surface area contributed by atoms with E-state index in [-0.39, 0.29) is 25.0 Å². The van der Waals surface area contributed by atoms with Crippen LogP contribution in [0.5, 0.6) is 11.5 Å². The van der Waals surface area contributed by atoms with Gasteiger partial charge >= 0.3 is 11.6 Å². The van der Waals surface area contributed by atoms with Crippen molar-refractivity contribution < 1.29 is 23.4 Å². The Morgan fingerprint density at radius 1 is 1.00 bits per heavy atom. The number of hydrogen-bond donors (Lipinski definition) is 0. The van der Waals surface area contributed by atoms with E-state index in [4.69, 9.17) is 18.6 Å². The average Bonchev–Trinajstić information content (AvgIpc) is 2.71. The number of carbonyl (C=O) groups is 1. The van der Waals surface area contributed by atoms with Crippen LogP contribution in [0.1, 0.15) is 38.3 Å². The lowest BCUT2D eigenvalue weighted by Crippen LogP contribution is -2.12. The lowest BCUT2D eigenvalue weighted by atomic mass is 9.87. The fourth-order valence-electron chi connectivity index (χ4n) is 2.99. The number of methoxy groups -OCH3 is 1. The molecular weight excluding hydrogens is 384 g/mol. The van der Waals surface area contributed by atoms with E-state index in [1.54, 1.807) is 18.2 Å². The molecule has 0 radical (unpaired) electrons. The monoisotopic (exact) mass is 410 g/mol. The molecule has 0 aliphatic rings. The molecule has 0 bridgehead atoms. The van der Waals surface area contributed by atoms with Crippen LogP contribution < -0.4 is 15.1 Å². The minimum atomic E-state index is -0.510. The fraction of sp³-hybridized carbons (Fsp3) is 0.333. The van der Waals surface area contributed by atoms with Gasteiger partial charge in [0.2, 0.25) is 0 Å². The first-order valence-electron chi connectivity index (χ1n) is 9.76. The molecule has 0 unspecified atom stereocenters. The van der Waals surface area contributed by atoms with Crippen molar-refractivity contribution in [2.24, 2.45) is 0 Å². The highest BCUT2D eigenvalue weighted by Crippen LogP contribution is 2.25. The van der Waals surface area contributed by atoms with Gasteiger partial charge in [-0.25, -0.2) is 4.79 Å². The van der Waals surface area contributed by atoms with E-state index < -0.39 is 11.6 Å². The highest BCUT2D eigenvalue weighted by molar-refractivity contribution is 5.81. The Kier molecular flexibility index (Phi) is 6.45. The molecule has 158 valence electrons. The molecule has 0 aliphatic heterocycles. The van der Waals surface area contributed by atoms with Gasteiger partial charge in [0.25, 0.3) is 0 Å². The molecule has 6 heteroatoms. The van der Waals surface area contributed by atoms with Crippen LogP contribution in [0.2, 0.25) is 0 Å². The highest BCUT2D eigenvalue weighted by Gasteiger charge is 2.13. The first kappa shape index (κ1) is 21.4. The molecule has 1 heterocycles. The molecule has 0 fully saturated rings. The van der Waals surface area contributed by atoms with E-state index in [1.165, 1.54) is 18.7 Å². The van der Waals surface area contributed by atoms with Crippen LogP contribution in [0.25, 0.3) is 11.0 Å². The molecule has 2 aromatic carbocycles. The molecule has 30 heavy (non-hydrogen) atoms. The Morgan fingerprint density at radius 2 is 1.70 bits per heavy atom. The standard InChI is InChI=1S/C24H26O6/c1-24(2,3)17-5-7-18(8-6-17)28-12-11-22(25)29-15-16-13-23(26)30-21-14-19(27-4)9-10-20(16)21/h5-10,13-14H,11-12,15H2,1-4H3. The van der Waals surface area contributed by atoms with Crippen molar-refractivity contribution in [3.05, 3.63) is 70.1 Å². The third kappa shape index (κ3) is 5.41. The maximum absolute atomic E-state index is 12.1. The van der Waals surface area contributed by atoms with E-state index in [9.17, 15) is 9.59 Å². The first-order chi connectivity index (χ1) is 14.3. The smallest absolute Gasteiger partial charge is 0.336 e. The summed E-state index contributed by atoms with van der Waals surface area (Å²) in [6.45, 7) is 6.63. The van der Waals surface area contributed by atoms with Gasteiger partial charge in [-0.1, -0.05) is 32.9 Å². The third-order valence-electron chi connectivity index (χ3n) is 4.72. The van der Waals surface area contributed by atoms with Gasteiger partial charge in [-0.3, -0.25) is 4.79 Å². The van der Waals surface area contributed by atoms with Crippen LogP contribution >= 0.6 is 0 Å². The summed E-state index contributed by atoms with van der Waals surface area (Å²) in [5, 5.41) is 0.693. The SMILES string of the molecule is COc1ccc2c(COC(=O)CCOc3ccc(C(C)(C)C)cc3)cc(=O)oc2c1. The zero-order chi connectivity index (χ0) is 21.7. The molecule has 6 nitrogen and oxygen atoms in total. The molecule has 3 rings (SSSR count). The molecule has 0 saturated heterocycles. The summed E-state index contributed by atoms with van der Waals surface area (Å²) in [6, 6.07) is 14.3. The number of fused-ring (bicyclic) bond motifs is 1. The minimum Gasteiger partial charge on any atom is -0.497 e. The van der Waals surface area contributed by atoms with Gasteiger partial charge in [-0.2, -0.15) is 0 Å². The van der Waals surface area contributed by atoms with Gasteiger partial charge in [0.15, 0.2) is 0 Å². The summed E-state index contributed by atoms with van der Waals surface area (Å²) >= 11 is 0. The molecule has 0 N–H and O–H groups in total. The van der Waals surface area contributed by atoms with Crippen molar-refractivity contribution >= 4 is 16.9 Å². The van der Waals surface area contributed by atoms with E-state index >= 15 is 0 Å². The number of benzene rings is 2. The quantitative estimate of drug-likeness (QED) is 0.418. The molecule has 0 saturated carbocycles. The van der Waals surface area contributed by atoms with Crippen molar-refractivity contribution in [3.8, 4) is 11.5 Å². The molecule has 0 spiro atoms. The molecular formula is C24H26O6. The van der Waals surface area contributed by atoms with Crippen molar-refractivity contribution in [2.45, 2.75) is 39.2 Å². The Morgan fingerprint density at radius 3 is 2.37 bits per heavy atom. The van der Waals surface area contributed by atoms with Crippen molar-refractivity contribution in [1.82, 2.24) is 0 Å². The second-order valence-corrected chi connectivity index (χ2v) is 7.99. The maximum atomic E-state index is 12.1. The number of ether oxygens (including phenoxy) is 3. The van der Waals surface area contributed by atoms with Gasteiger partial charge in [-0.05, 0) is 35.2 Å². The van der Waals surface area contributed by atoms with Gasteiger partial charge < -0.3 is 18.6 Å². The molecule has 1 aromatic heterocycles. The Labute approximate surface area is 175 Å². The molecule has 0 amide bonds. The Hall–Kier alpha value is -3.28. The predicted molar refractivity (Wildman–Crippen MR) is 114 cm³/mol. The van der Waals surface area contributed by atoms with Crippen molar-refractivity contribution in [3.63, 3.8) is 0 Å². The van der Waals surface area contributed by atoms with Crippen molar-refractivity contribution in [1.29, 1.82) is 0 Å². The average molecular weight is 410 g/mol. The largest absolute Gasteiger partial charge is 0.497 e. The van der Waals surface area contributed by atoms with E-state index in [0.717, 1.165) is 0 Å². The number of esters is 1. The lowest BCUT2D eigenvalue weighted by Gasteiger charge is -2.19. The molecule has 0 aliphatic carbocycles. The van der Waals surface area contributed by atoms with Crippen LogP contribution in [-0.4, -0.2) is 19.7 Å². The van der Waals surface area contributed by atoms with E-state index in [0.29, 0.717) is 28.0 Å². The maximum Gasteiger partial charge on any atom is 0.336 e. The van der Waals surface area contributed by atoms with Gasteiger partial charge in [-0.15, -0.1) is 0 Å². The summed E-state index contributed by atoms with van der Waals surface area (Å²) in [4.78, 5) is 23.9. The van der Waals surface area contributed by atoms with Gasteiger partial charge in [0, 0.05) is 23.1 Å². The fourth-order valence-corrected chi connectivity index (χ4v) is 2.99. The normalized spacial score (nSPS) is 11.3. The van der Waals surface area contributed by atoms with Gasteiger partial charge in [0.05, 0.1) is 20.1 Å². The number of hydrogen-bond acceptors (Lipinski definition) is 6. The van der Waals surface area contributed by atoms with Crippen molar-refractivity contribution in [2.75, 3.05) is 13.7 Å². The zero-order valence-corrected chi connectivity index (χ0v) is 17.7. The summed E-state index contributed by atoms with van der Waals surface area (Å²) in [7, 11) is 1.53. The number of carbonyl (C=O) groups excluding carboxylic acids is 1.